The molecule has 0 N–H and O–H groups in total. The maximum absolute atomic E-state index is 6.00. The summed E-state index contributed by atoms with van der Waals surface area (Å²) in [5.74, 6) is 0.556. The van der Waals surface area contributed by atoms with Gasteiger partial charge >= 0.3 is 0 Å². The van der Waals surface area contributed by atoms with Crippen molar-refractivity contribution in [3.05, 3.63) is 35.6 Å². The lowest BCUT2D eigenvalue weighted by molar-refractivity contribution is 0.482. The Balaban J connectivity index is 2.26. The average Bonchev–Trinajstić information content (AvgIpc) is 2.49. The second-order valence-electron chi connectivity index (χ2n) is 4.12. The number of aromatic nitrogens is 3. The van der Waals surface area contributed by atoms with Crippen LogP contribution in [0.15, 0.2) is 35.5 Å². The molecule has 1 aromatic carbocycles. The standard InChI is InChI=1S/C14H15ClN4S2/c1-3-19(4-2)14(20)21-13-17-11(16-12(15)18-13)10-8-6-5-7-9-10/h5-9H,3-4H2,1-2H3. The largest absolute Gasteiger partial charge is 0.358 e. The molecule has 1 aromatic heterocycles. The van der Waals surface area contributed by atoms with Crippen LogP contribution in [0.1, 0.15) is 13.8 Å². The van der Waals surface area contributed by atoms with Crippen LogP contribution >= 0.6 is 35.6 Å². The minimum Gasteiger partial charge on any atom is -0.358 e. The molecule has 2 rings (SSSR count). The molecule has 0 atom stereocenters. The van der Waals surface area contributed by atoms with Gasteiger partial charge in [-0.1, -0.05) is 42.5 Å². The van der Waals surface area contributed by atoms with Crippen molar-refractivity contribution >= 4 is 39.9 Å². The number of nitrogens with zero attached hydrogens (tertiary/aromatic N) is 4. The summed E-state index contributed by atoms with van der Waals surface area (Å²) in [5, 5.41) is 0.694. The summed E-state index contributed by atoms with van der Waals surface area (Å²) in [6.45, 7) is 5.83. The third-order valence-corrected chi connectivity index (χ3v) is 4.30. The first-order valence-electron chi connectivity index (χ1n) is 6.57. The van der Waals surface area contributed by atoms with E-state index in [1.807, 2.05) is 30.3 Å². The minimum absolute atomic E-state index is 0.175. The molecule has 110 valence electrons. The van der Waals surface area contributed by atoms with Crippen molar-refractivity contribution < 1.29 is 0 Å². The zero-order valence-electron chi connectivity index (χ0n) is 11.8. The molecule has 0 saturated carbocycles. The summed E-state index contributed by atoms with van der Waals surface area (Å²) in [6, 6.07) is 9.67. The SMILES string of the molecule is CCN(CC)C(=S)Sc1nc(Cl)nc(-c2ccccc2)n1. The number of hydrogen-bond acceptors (Lipinski definition) is 5. The van der Waals surface area contributed by atoms with Crippen molar-refractivity contribution in [3.63, 3.8) is 0 Å². The lowest BCUT2D eigenvalue weighted by Gasteiger charge is -2.20. The van der Waals surface area contributed by atoms with Crippen LogP contribution in [0.4, 0.5) is 0 Å². The fraction of sp³-hybridized carbons (Fsp3) is 0.286. The Morgan fingerprint density at radius 2 is 1.81 bits per heavy atom. The lowest BCUT2D eigenvalue weighted by Crippen LogP contribution is -2.26. The molecule has 1 heterocycles. The van der Waals surface area contributed by atoms with E-state index in [9.17, 15) is 0 Å². The highest BCUT2D eigenvalue weighted by Gasteiger charge is 2.12. The molecule has 0 fully saturated rings. The molecule has 0 radical (unpaired) electrons. The van der Waals surface area contributed by atoms with Crippen LogP contribution in [0.5, 0.6) is 0 Å². The van der Waals surface area contributed by atoms with E-state index in [1.54, 1.807) is 0 Å². The quantitative estimate of drug-likeness (QED) is 0.622. The van der Waals surface area contributed by atoms with Crippen LogP contribution in [-0.4, -0.2) is 37.3 Å². The first-order chi connectivity index (χ1) is 10.1. The van der Waals surface area contributed by atoms with E-state index in [0.717, 1.165) is 23.0 Å². The second kappa shape index (κ2) is 7.68. The number of thiocarbonyl (C=S) groups is 1. The monoisotopic (exact) mass is 338 g/mol. The van der Waals surface area contributed by atoms with Crippen LogP contribution in [0.25, 0.3) is 11.4 Å². The Labute approximate surface area is 139 Å². The van der Waals surface area contributed by atoms with Gasteiger partial charge in [-0.15, -0.1) is 0 Å². The first kappa shape index (κ1) is 16.1. The zero-order valence-corrected chi connectivity index (χ0v) is 14.2. The molecule has 21 heavy (non-hydrogen) atoms. The molecule has 7 heteroatoms. The van der Waals surface area contributed by atoms with E-state index in [-0.39, 0.29) is 5.28 Å². The average molecular weight is 339 g/mol. The molecule has 0 aliphatic carbocycles. The maximum atomic E-state index is 6.00. The van der Waals surface area contributed by atoms with Gasteiger partial charge in [-0.05, 0) is 37.2 Å². The highest BCUT2D eigenvalue weighted by atomic mass is 35.5. The van der Waals surface area contributed by atoms with E-state index in [4.69, 9.17) is 23.8 Å². The maximum Gasteiger partial charge on any atom is 0.226 e. The van der Waals surface area contributed by atoms with Crippen molar-refractivity contribution in [2.24, 2.45) is 0 Å². The van der Waals surface area contributed by atoms with Gasteiger partial charge in [0, 0.05) is 18.7 Å². The lowest BCUT2D eigenvalue weighted by atomic mass is 10.2. The summed E-state index contributed by atoms with van der Waals surface area (Å²) < 4.78 is 0.737. The van der Waals surface area contributed by atoms with Crippen LogP contribution < -0.4 is 0 Å². The van der Waals surface area contributed by atoms with Gasteiger partial charge < -0.3 is 4.90 Å². The predicted octanol–water partition coefficient (Wildman–Crippen LogP) is 3.91. The van der Waals surface area contributed by atoms with Crippen molar-refractivity contribution in [2.45, 2.75) is 19.0 Å². The Bertz CT molecular complexity index is 618. The molecule has 0 aliphatic rings. The molecule has 0 unspecified atom stereocenters. The third-order valence-electron chi connectivity index (χ3n) is 2.82. The predicted molar refractivity (Wildman–Crippen MR) is 91.6 cm³/mol. The second-order valence-corrected chi connectivity index (χ2v) is 6.06. The first-order valence-corrected chi connectivity index (χ1v) is 8.18. The topological polar surface area (TPSA) is 41.9 Å². The van der Waals surface area contributed by atoms with Gasteiger partial charge in [0.05, 0.1) is 0 Å². The van der Waals surface area contributed by atoms with Gasteiger partial charge in [-0.2, -0.15) is 9.97 Å². The summed E-state index contributed by atoms with van der Waals surface area (Å²) in [4.78, 5) is 14.8. The van der Waals surface area contributed by atoms with Gasteiger partial charge in [0.25, 0.3) is 0 Å². The molecule has 0 aliphatic heterocycles. The van der Waals surface area contributed by atoms with Crippen LogP contribution in [-0.2, 0) is 0 Å². The fourth-order valence-electron chi connectivity index (χ4n) is 1.72. The molecule has 2 aromatic rings. The summed E-state index contributed by atoms with van der Waals surface area (Å²) in [7, 11) is 0. The van der Waals surface area contributed by atoms with Crippen LogP contribution in [0.2, 0.25) is 5.28 Å². The number of benzene rings is 1. The van der Waals surface area contributed by atoms with Crippen LogP contribution in [0, 0.1) is 0 Å². The molecule has 0 saturated heterocycles. The van der Waals surface area contributed by atoms with Gasteiger partial charge in [0.1, 0.15) is 4.32 Å². The van der Waals surface area contributed by atoms with E-state index < -0.39 is 0 Å². The van der Waals surface area contributed by atoms with E-state index >= 15 is 0 Å². The van der Waals surface area contributed by atoms with E-state index in [0.29, 0.717) is 11.0 Å². The molecular weight excluding hydrogens is 324 g/mol. The fourth-order valence-corrected chi connectivity index (χ4v) is 3.22. The highest BCUT2D eigenvalue weighted by Crippen LogP contribution is 2.22. The summed E-state index contributed by atoms with van der Waals surface area (Å²) >= 11 is 12.7. The summed E-state index contributed by atoms with van der Waals surface area (Å²) in [6.07, 6.45) is 0. The Hall–Kier alpha value is -1.24. The van der Waals surface area contributed by atoms with Crippen molar-refractivity contribution in [1.29, 1.82) is 0 Å². The van der Waals surface area contributed by atoms with Crippen molar-refractivity contribution in [3.8, 4) is 11.4 Å². The molecule has 0 spiro atoms. The molecule has 0 amide bonds. The molecular formula is C14H15ClN4S2. The Morgan fingerprint density at radius 3 is 2.43 bits per heavy atom. The van der Waals surface area contributed by atoms with Crippen molar-refractivity contribution in [2.75, 3.05) is 13.1 Å². The minimum atomic E-state index is 0.175. The van der Waals surface area contributed by atoms with E-state index in [1.165, 1.54) is 11.8 Å². The number of thioether (sulfide) groups is 1. The highest BCUT2D eigenvalue weighted by molar-refractivity contribution is 8.22. The number of rotatable bonds is 4. The smallest absolute Gasteiger partial charge is 0.226 e. The number of hydrogen-bond donors (Lipinski definition) is 0. The summed E-state index contributed by atoms with van der Waals surface area (Å²) in [5.41, 5.74) is 0.900. The van der Waals surface area contributed by atoms with Crippen LogP contribution in [0.3, 0.4) is 0 Å². The van der Waals surface area contributed by atoms with Gasteiger partial charge in [0.2, 0.25) is 5.28 Å². The Kier molecular flexibility index (Phi) is 5.90. The van der Waals surface area contributed by atoms with Gasteiger partial charge in [-0.25, -0.2) is 4.98 Å². The van der Waals surface area contributed by atoms with Gasteiger partial charge in [0.15, 0.2) is 11.0 Å². The molecule has 0 bridgehead atoms. The normalized spacial score (nSPS) is 10.4. The third kappa shape index (κ3) is 4.36. The van der Waals surface area contributed by atoms with E-state index in [2.05, 4.69) is 33.7 Å². The zero-order chi connectivity index (χ0) is 15.2. The van der Waals surface area contributed by atoms with Gasteiger partial charge in [-0.3, -0.25) is 0 Å². The Morgan fingerprint density at radius 1 is 1.14 bits per heavy atom. The van der Waals surface area contributed by atoms with Crippen molar-refractivity contribution in [1.82, 2.24) is 19.9 Å². The number of halogens is 1. The molecule has 4 nitrogen and oxygen atoms in total.